The molecule has 2 aromatic rings. The number of nitrogens with one attached hydrogen (secondary N) is 1. The van der Waals surface area contributed by atoms with E-state index in [1.54, 1.807) is 11.0 Å². The molecule has 1 aromatic carbocycles. The van der Waals surface area contributed by atoms with E-state index in [2.05, 4.69) is 5.32 Å². The Bertz CT molecular complexity index is 626. The SMILES string of the molecule is C[C@H](c1ccccc1)N(C)C(=O)CCCNC(=O)c1ccsc1. The lowest BCUT2D eigenvalue weighted by Crippen LogP contribution is -2.31. The Labute approximate surface area is 141 Å². The highest BCUT2D eigenvalue weighted by Gasteiger charge is 2.16. The summed E-state index contributed by atoms with van der Waals surface area (Å²) >= 11 is 1.50. The second kappa shape index (κ2) is 8.48. The Morgan fingerprint density at radius 3 is 2.61 bits per heavy atom. The summed E-state index contributed by atoms with van der Waals surface area (Å²) in [6, 6.07) is 11.8. The molecule has 122 valence electrons. The third-order valence-corrected chi connectivity index (χ3v) is 4.58. The van der Waals surface area contributed by atoms with Crippen LogP contribution in [0, 0.1) is 0 Å². The summed E-state index contributed by atoms with van der Waals surface area (Å²) in [6.45, 7) is 2.53. The molecule has 1 N–H and O–H groups in total. The van der Waals surface area contributed by atoms with Crippen molar-refractivity contribution < 1.29 is 9.59 Å². The number of nitrogens with zero attached hydrogens (tertiary/aromatic N) is 1. The Morgan fingerprint density at radius 2 is 1.96 bits per heavy atom. The van der Waals surface area contributed by atoms with Crippen molar-refractivity contribution in [3.63, 3.8) is 0 Å². The summed E-state index contributed by atoms with van der Waals surface area (Å²) < 4.78 is 0. The second-order valence-corrected chi connectivity index (χ2v) is 6.24. The van der Waals surface area contributed by atoms with Crippen LogP contribution in [0.2, 0.25) is 0 Å². The van der Waals surface area contributed by atoms with Crippen molar-refractivity contribution in [2.24, 2.45) is 0 Å². The van der Waals surface area contributed by atoms with E-state index in [9.17, 15) is 9.59 Å². The summed E-state index contributed by atoms with van der Waals surface area (Å²) in [7, 11) is 1.82. The zero-order valence-electron chi connectivity index (χ0n) is 13.5. The fraction of sp³-hybridized carbons (Fsp3) is 0.333. The average molecular weight is 330 g/mol. The number of carbonyl (C=O) groups excluding carboxylic acids is 2. The largest absolute Gasteiger partial charge is 0.352 e. The van der Waals surface area contributed by atoms with Gasteiger partial charge in [0.25, 0.3) is 5.91 Å². The molecule has 1 heterocycles. The van der Waals surface area contributed by atoms with E-state index in [0.717, 1.165) is 5.56 Å². The van der Waals surface area contributed by atoms with Gasteiger partial charge in [-0.25, -0.2) is 0 Å². The fourth-order valence-electron chi connectivity index (χ4n) is 2.28. The van der Waals surface area contributed by atoms with E-state index in [0.29, 0.717) is 24.9 Å². The quantitative estimate of drug-likeness (QED) is 0.790. The van der Waals surface area contributed by atoms with Crippen molar-refractivity contribution in [2.75, 3.05) is 13.6 Å². The minimum Gasteiger partial charge on any atom is -0.352 e. The van der Waals surface area contributed by atoms with Crippen LogP contribution in [0.1, 0.15) is 41.7 Å². The summed E-state index contributed by atoms with van der Waals surface area (Å²) in [4.78, 5) is 25.8. The molecule has 0 radical (unpaired) electrons. The summed E-state index contributed by atoms with van der Waals surface area (Å²) in [6.07, 6.45) is 1.07. The lowest BCUT2D eigenvalue weighted by atomic mass is 10.1. The van der Waals surface area contributed by atoms with E-state index in [4.69, 9.17) is 0 Å². The van der Waals surface area contributed by atoms with E-state index in [1.165, 1.54) is 11.3 Å². The molecule has 0 aliphatic heterocycles. The van der Waals surface area contributed by atoms with Crippen LogP contribution in [-0.2, 0) is 4.79 Å². The van der Waals surface area contributed by atoms with Gasteiger partial charge in [0.1, 0.15) is 0 Å². The molecule has 0 aliphatic carbocycles. The molecule has 2 amide bonds. The van der Waals surface area contributed by atoms with Crippen LogP contribution in [-0.4, -0.2) is 30.3 Å². The molecule has 0 aliphatic rings. The van der Waals surface area contributed by atoms with Crippen molar-refractivity contribution in [2.45, 2.75) is 25.8 Å². The first-order valence-electron chi connectivity index (χ1n) is 7.70. The highest BCUT2D eigenvalue weighted by Crippen LogP contribution is 2.19. The smallest absolute Gasteiger partial charge is 0.252 e. The van der Waals surface area contributed by atoms with Gasteiger partial charge in [-0.05, 0) is 30.4 Å². The molecular weight excluding hydrogens is 308 g/mol. The molecule has 0 saturated heterocycles. The molecule has 0 fully saturated rings. The molecule has 23 heavy (non-hydrogen) atoms. The van der Waals surface area contributed by atoms with Crippen molar-refractivity contribution in [1.29, 1.82) is 0 Å². The fourth-order valence-corrected chi connectivity index (χ4v) is 2.92. The molecule has 1 aromatic heterocycles. The third kappa shape index (κ3) is 4.93. The van der Waals surface area contributed by atoms with E-state index in [-0.39, 0.29) is 17.9 Å². The zero-order valence-corrected chi connectivity index (χ0v) is 14.3. The van der Waals surface area contributed by atoms with Crippen LogP contribution in [0.25, 0.3) is 0 Å². The predicted molar refractivity (Wildman–Crippen MR) is 93.5 cm³/mol. The number of carbonyl (C=O) groups is 2. The Morgan fingerprint density at radius 1 is 1.22 bits per heavy atom. The average Bonchev–Trinajstić information content (AvgIpc) is 3.12. The molecule has 5 heteroatoms. The van der Waals surface area contributed by atoms with Gasteiger partial charge in [0.15, 0.2) is 0 Å². The Balaban J connectivity index is 1.73. The molecule has 1 atom stereocenters. The summed E-state index contributed by atoms with van der Waals surface area (Å²) in [5, 5.41) is 6.53. The standard InChI is InChI=1S/C18H22N2O2S/c1-14(15-7-4-3-5-8-15)20(2)17(21)9-6-11-19-18(22)16-10-12-23-13-16/h3-5,7-8,10,12-14H,6,9,11H2,1-2H3,(H,19,22)/t14-/m1/s1. The minimum atomic E-state index is -0.0790. The van der Waals surface area contributed by atoms with Crippen molar-refractivity contribution in [3.05, 3.63) is 58.3 Å². The minimum absolute atomic E-state index is 0.0455. The van der Waals surface area contributed by atoms with Crippen molar-refractivity contribution in [3.8, 4) is 0 Å². The van der Waals surface area contributed by atoms with Crippen LogP contribution in [0.5, 0.6) is 0 Å². The lowest BCUT2D eigenvalue weighted by molar-refractivity contribution is -0.131. The zero-order chi connectivity index (χ0) is 16.7. The van der Waals surface area contributed by atoms with Gasteiger partial charge in [0.05, 0.1) is 6.04 Å². The van der Waals surface area contributed by atoms with Crippen molar-refractivity contribution in [1.82, 2.24) is 10.2 Å². The van der Waals surface area contributed by atoms with Gasteiger partial charge in [0, 0.05) is 31.0 Å². The van der Waals surface area contributed by atoms with E-state index < -0.39 is 0 Å². The maximum Gasteiger partial charge on any atom is 0.252 e. The van der Waals surface area contributed by atoms with Crippen LogP contribution in [0.15, 0.2) is 47.2 Å². The maximum absolute atomic E-state index is 12.2. The predicted octanol–water partition coefficient (Wildman–Crippen LogP) is 3.48. The highest BCUT2D eigenvalue weighted by atomic mass is 32.1. The first-order valence-corrected chi connectivity index (χ1v) is 8.65. The topological polar surface area (TPSA) is 49.4 Å². The van der Waals surface area contributed by atoms with Crippen LogP contribution in [0.4, 0.5) is 0 Å². The van der Waals surface area contributed by atoms with Gasteiger partial charge >= 0.3 is 0 Å². The number of rotatable bonds is 7. The number of thiophene rings is 1. The first kappa shape index (κ1) is 17.2. The molecule has 0 spiro atoms. The van der Waals surface area contributed by atoms with Crippen molar-refractivity contribution >= 4 is 23.2 Å². The highest BCUT2D eigenvalue weighted by molar-refractivity contribution is 7.08. The van der Waals surface area contributed by atoms with Crippen LogP contribution >= 0.6 is 11.3 Å². The number of amides is 2. The van der Waals surface area contributed by atoms with Gasteiger partial charge in [0.2, 0.25) is 5.91 Å². The molecule has 0 saturated carbocycles. The number of hydrogen-bond donors (Lipinski definition) is 1. The van der Waals surface area contributed by atoms with E-state index >= 15 is 0 Å². The van der Waals surface area contributed by atoms with Gasteiger partial charge in [-0.2, -0.15) is 11.3 Å². The molecule has 0 bridgehead atoms. The normalized spacial score (nSPS) is 11.7. The Kier molecular flexibility index (Phi) is 6.35. The lowest BCUT2D eigenvalue weighted by Gasteiger charge is -2.25. The second-order valence-electron chi connectivity index (χ2n) is 5.46. The molecule has 4 nitrogen and oxygen atoms in total. The monoisotopic (exact) mass is 330 g/mol. The number of benzene rings is 1. The van der Waals surface area contributed by atoms with Crippen LogP contribution < -0.4 is 5.32 Å². The van der Waals surface area contributed by atoms with Gasteiger partial charge < -0.3 is 10.2 Å². The van der Waals surface area contributed by atoms with Gasteiger partial charge in [-0.3, -0.25) is 9.59 Å². The molecule has 2 rings (SSSR count). The maximum atomic E-state index is 12.2. The first-order chi connectivity index (χ1) is 11.1. The van der Waals surface area contributed by atoms with Crippen LogP contribution in [0.3, 0.4) is 0 Å². The third-order valence-electron chi connectivity index (χ3n) is 3.89. The van der Waals surface area contributed by atoms with Gasteiger partial charge in [-0.1, -0.05) is 30.3 Å². The summed E-state index contributed by atoms with van der Waals surface area (Å²) in [5.41, 5.74) is 1.80. The van der Waals surface area contributed by atoms with E-state index in [1.807, 2.05) is 55.1 Å². The molecular formula is C18H22N2O2S. The number of hydrogen-bond acceptors (Lipinski definition) is 3. The molecule has 0 unspecified atom stereocenters. The Hall–Kier alpha value is -2.14. The van der Waals surface area contributed by atoms with Gasteiger partial charge in [-0.15, -0.1) is 0 Å². The summed E-state index contributed by atoms with van der Waals surface area (Å²) in [5.74, 6) is 0.0100.